The van der Waals surface area contributed by atoms with Gasteiger partial charge < -0.3 is 10.6 Å². The van der Waals surface area contributed by atoms with E-state index in [1.807, 2.05) is 31.5 Å². The lowest BCUT2D eigenvalue weighted by Gasteiger charge is -2.05. The van der Waals surface area contributed by atoms with Gasteiger partial charge in [-0.3, -0.25) is 9.78 Å². The second-order valence-electron chi connectivity index (χ2n) is 3.89. The SMILES string of the molecule is CNc1ccnc(C(=O)NCc2sccc2C)c1. The first kappa shape index (κ1) is 12.6. The topological polar surface area (TPSA) is 54.0 Å². The largest absolute Gasteiger partial charge is 0.388 e. The van der Waals surface area contributed by atoms with Crippen molar-refractivity contribution < 1.29 is 4.79 Å². The van der Waals surface area contributed by atoms with Crippen molar-refractivity contribution in [2.24, 2.45) is 0 Å². The number of thiophene rings is 1. The van der Waals surface area contributed by atoms with E-state index in [9.17, 15) is 4.79 Å². The molecule has 1 amide bonds. The van der Waals surface area contributed by atoms with Crippen LogP contribution in [-0.4, -0.2) is 17.9 Å². The first-order valence-electron chi connectivity index (χ1n) is 5.65. The van der Waals surface area contributed by atoms with Gasteiger partial charge >= 0.3 is 0 Å². The summed E-state index contributed by atoms with van der Waals surface area (Å²) in [4.78, 5) is 17.2. The summed E-state index contributed by atoms with van der Waals surface area (Å²) < 4.78 is 0. The number of carbonyl (C=O) groups is 1. The van der Waals surface area contributed by atoms with Crippen molar-refractivity contribution in [3.8, 4) is 0 Å². The van der Waals surface area contributed by atoms with E-state index < -0.39 is 0 Å². The first-order chi connectivity index (χ1) is 8.70. The Balaban J connectivity index is 2.01. The summed E-state index contributed by atoms with van der Waals surface area (Å²) in [6, 6.07) is 5.60. The van der Waals surface area contributed by atoms with Crippen LogP contribution in [0.2, 0.25) is 0 Å². The monoisotopic (exact) mass is 261 g/mol. The molecule has 2 aromatic heterocycles. The number of hydrogen-bond acceptors (Lipinski definition) is 4. The Morgan fingerprint density at radius 1 is 1.44 bits per heavy atom. The Bertz CT molecular complexity index is 551. The van der Waals surface area contributed by atoms with E-state index in [1.54, 1.807) is 23.6 Å². The van der Waals surface area contributed by atoms with Crippen LogP contribution in [0.25, 0.3) is 0 Å². The zero-order valence-electron chi connectivity index (χ0n) is 10.4. The van der Waals surface area contributed by atoms with Gasteiger partial charge in [-0.25, -0.2) is 0 Å². The molecule has 0 aliphatic carbocycles. The molecule has 2 heterocycles. The quantitative estimate of drug-likeness (QED) is 0.888. The molecule has 0 spiro atoms. The van der Waals surface area contributed by atoms with Gasteiger partial charge in [-0.2, -0.15) is 0 Å². The Morgan fingerprint density at radius 2 is 2.28 bits per heavy atom. The molecular formula is C13H15N3OS. The van der Waals surface area contributed by atoms with E-state index in [1.165, 1.54) is 10.4 Å². The maximum absolute atomic E-state index is 11.9. The predicted octanol–water partition coefficient (Wildman–Crippen LogP) is 2.42. The highest BCUT2D eigenvalue weighted by molar-refractivity contribution is 7.10. The van der Waals surface area contributed by atoms with Crippen molar-refractivity contribution >= 4 is 22.9 Å². The third kappa shape index (κ3) is 2.87. The van der Waals surface area contributed by atoms with Crippen molar-refractivity contribution in [2.45, 2.75) is 13.5 Å². The van der Waals surface area contributed by atoms with Crippen molar-refractivity contribution in [3.63, 3.8) is 0 Å². The summed E-state index contributed by atoms with van der Waals surface area (Å²) in [5.41, 5.74) is 2.51. The van der Waals surface area contributed by atoms with Gasteiger partial charge in [0.05, 0.1) is 6.54 Å². The molecule has 0 bridgehead atoms. The van der Waals surface area contributed by atoms with Crippen LogP contribution < -0.4 is 10.6 Å². The number of rotatable bonds is 4. The smallest absolute Gasteiger partial charge is 0.270 e. The molecule has 0 aromatic carbocycles. The molecule has 5 heteroatoms. The second-order valence-corrected chi connectivity index (χ2v) is 4.89. The number of hydrogen-bond donors (Lipinski definition) is 2. The van der Waals surface area contributed by atoms with Crippen LogP contribution in [0.3, 0.4) is 0 Å². The average Bonchev–Trinajstić information content (AvgIpc) is 2.81. The fourth-order valence-electron chi connectivity index (χ4n) is 1.55. The van der Waals surface area contributed by atoms with Gasteiger partial charge in [0.25, 0.3) is 5.91 Å². The van der Waals surface area contributed by atoms with Gasteiger partial charge in [0, 0.05) is 23.8 Å². The zero-order chi connectivity index (χ0) is 13.0. The van der Waals surface area contributed by atoms with Gasteiger partial charge in [0.1, 0.15) is 5.69 Å². The van der Waals surface area contributed by atoms with Crippen LogP contribution in [0.1, 0.15) is 20.9 Å². The summed E-state index contributed by atoms with van der Waals surface area (Å²) in [6.07, 6.45) is 1.62. The minimum Gasteiger partial charge on any atom is -0.388 e. The molecule has 0 unspecified atom stereocenters. The summed E-state index contributed by atoms with van der Waals surface area (Å²) >= 11 is 1.65. The normalized spacial score (nSPS) is 10.1. The maximum atomic E-state index is 11.9. The van der Waals surface area contributed by atoms with E-state index in [-0.39, 0.29) is 5.91 Å². The number of nitrogens with one attached hydrogen (secondary N) is 2. The molecule has 0 saturated carbocycles. The molecule has 0 radical (unpaired) electrons. The fourth-order valence-corrected chi connectivity index (χ4v) is 2.39. The van der Waals surface area contributed by atoms with Crippen molar-refractivity contribution in [2.75, 3.05) is 12.4 Å². The van der Waals surface area contributed by atoms with E-state index in [4.69, 9.17) is 0 Å². The van der Waals surface area contributed by atoms with E-state index in [0.717, 1.165) is 5.69 Å². The molecule has 0 atom stereocenters. The fraction of sp³-hybridized carbons (Fsp3) is 0.231. The van der Waals surface area contributed by atoms with Gasteiger partial charge in [0.15, 0.2) is 0 Å². The van der Waals surface area contributed by atoms with Crippen LogP contribution in [0.4, 0.5) is 5.69 Å². The highest BCUT2D eigenvalue weighted by Crippen LogP contribution is 2.15. The molecule has 2 N–H and O–H groups in total. The van der Waals surface area contributed by atoms with Crippen LogP contribution in [0.5, 0.6) is 0 Å². The Kier molecular flexibility index (Phi) is 3.94. The average molecular weight is 261 g/mol. The van der Waals surface area contributed by atoms with Crippen molar-refractivity contribution in [1.29, 1.82) is 0 Å². The van der Waals surface area contributed by atoms with Crippen LogP contribution in [-0.2, 0) is 6.54 Å². The lowest BCUT2D eigenvalue weighted by molar-refractivity contribution is 0.0946. The Morgan fingerprint density at radius 3 is 2.94 bits per heavy atom. The molecule has 4 nitrogen and oxygen atoms in total. The van der Waals surface area contributed by atoms with E-state index in [0.29, 0.717) is 12.2 Å². The molecular weight excluding hydrogens is 246 g/mol. The molecule has 2 aromatic rings. The summed E-state index contributed by atoms with van der Waals surface area (Å²) in [5.74, 6) is -0.153. The van der Waals surface area contributed by atoms with E-state index in [2.05, 4.69) is 15.6 Å². The zero-order valence-corrected chi connectivity index (χ0v) is 11.2. The van der Waals surface area contributed by atoms with Crippen LogP contribution >= 0.6 is 11.3 Å². The molecule has 0 aliphatic heterocycles. The minimum atomic E-state index is -0.153. The highest BCUT2D eigenvalue weighted by atomic mass is 32.1. The Labute approximate surface area is 110 Å². The first-order valence-corrected chi connectivity index (χ1v) is 6.53. The number of aromatic nitrogens is 1. The molecule has 94 valence electrons. The lowest BCUT2D eigenvalue weighted by atomic mass is 10.2. The van der Waals surface area contributed by atoms with E-state index >= 15 is 0 Å². The van der Waals surface area contributed by atoms with Gasteiger partial charge in [-0.05, 0) is 36.1 Å². The molecule has 0 aliphatic rings. The summed E-state index contributed by atoms with van der Waals surface area (Å²) in [7, 11) is 1.81. The Hall–Kier alpha value is -1.88. The van der Waals surface area contributed by atoms with Gasteiger partial charge in [0.2, 0.25) is 0 Å². The molecule has 0 fully saturated rings. The van der Waals surface area contributed by atoms with Gasteiger partial charge in [-0.1, -0.05) is 0 Å². The van der Waals surface area contributed by atoms with Crippen molar-refractivity contribution in [3.05, 3.63) is 45.9 Å². The molecule has 18 heavy (non-hydrogen) atoms. The third-order valence-electron chi connectivity index (χ3n) is 2.66. The predicted molar refractivity (Wildman–Crippen MR) is 74.0 cm³/mol. The number of anilines is 1. The summed E-state index contributed by atoms with van der Waals surface area (Å²) in [5, 5.41) is 7.88. The molecule has 0 saturated heterocycles. The van der Waals surface area contributed by atoms with Crippen molar-refractivity contribution in [1.82, 2.24) is 10.3 Å². The number of nitrogens with zero attached hydrogens (tertiary/aromatic N) is 1. The maximum Gasteiger partial charge on any atom is 0.270 e. The summed E-state index contributed by atoms with van der Waals surface area (Å²) in [6.45, 7) is 2.59. The number of aryl methyl sites for hydroxylation is 1. The minimum absolute atomic E-state index is 0.153. The number of pyridine rings is 1. The van der Waals surface area contributed by atoms with Gasteiger partial charge in [-0.15, -0.1) is 11.3 Å². The van der Waals surface area contributed by atoms with Crippen LogP contribution in [0, 0.1) is 6.92 Å². The lowest BCUT2D eigenvalue weighted by Crippen LogP contribution is -2.23. The molecule has 2 rings (SSSR count). The number of amides is 1. The van der Waals surface area contributed by atoms with Crippen LogP contribution in [0.15, 0.2) is 29.8 Å². The third-order valence-corrected chi connectivity index (χ3v) is 3.68. The number of carbonyl (C=O) groups excluding carboxylic acids is 1. The standard InChI is InChI=1S/C13H15N3OS/c1-9-4-6-18-12(9)8-16-13(17)11-7-10(14-2)3-5-15-11/h3-7H,8H2,1-2H3,(H,14,15)(H,16,17). The highest BCUT2D eigenvalue weighted by Gasteiger charge is 2.08. The second kappa shape index (κ2) is 5.64.